The minimum atomic E-state index is -0.799. The van der Waals surface area contributed by atoms with Crippen LogP contribution in [0.2, 0.25) is 0 Å². The summed E-state index contributed by atoms with van der Waals surface area (Å²) in [5, 5.41) is 21.1. The van der Waals surface area contributed by atoms with Crippen LogP contribution in [0.1, 0.15) is 27.0 Å². The number of phenolic OH excluding ortho intramolecular Hbond substituents is 1. The van der Waals surface area contributed by atoms with Gasteiger partial charge in [-0.25, -0.2) is 4.98 Å². The van der Waals surface area contributed by atoms with Crippen molar-refractivity contribution in [2.45, 2.75) is 13.0 Å². The summed E-state index contributed by atoms with van der Waals surface area (Å²) in [6.45, 7) is 2.17. The molecule has 164 valence electrons. The number of hydrogen-bond donors (Lipinski definition) is 2. The second kappa shape index (κ2) is 8.94. The lowest BCUT2D eigenvalue weighted by Gasteiger charge is -2.26. The Morgan fingerprint density at radius 3 is 2.47 bits per heavy atom. The molecule has 0 radical (unpaired) electrons. The van der Waals surface area contributed by atoms with Gasteiger partial charge < -0.3 is 19.8 Å². The predicted octanol–water partition coefficient (Wildman–Crippen LogP) is 4.05. The number of aliphatic hydroxyl groups is 1. The Morgan fingerprint density at radius 2 is 1.81 bits per heavy atom. The lowest BCUT2D eigenvalue weighted by atomic mass is 9.95. The number of aromatic hydroxyl groups is 1. The Hall–Kier alpha value is -3.49. The van der Waals surface area contributed by atoms with Crippen LogP contribution in [-0.4, -0.2) is 52.0 Å². The Morgan fingerprint density at radius 1 is 1.12 bits per heavy atom. The Labute approximate surface area is 189 Å². The highest BCUT2D eigenvalue weighted by molar-refractivity contribution is 7.17. The number of aliphatic hydroxyl groups excluding tert-OH is 1. The van der Waals surface area contributed by atoms with Crippen LogP contribution in [0.3, 0.4) is 0 Å². The Balaban J connectivity index is 1.77. The summed E-state index contributed by atoms with van der Waals surface area (Å²) in [6, 6.07) is 14.9. The van der Waals surface area contributed by atoms with Crippen LogP contribution in [-0.2, 0) is 9.53 Å². The molecule has 7 nitrogen and oxygen atoms in total. The van der Waals surface area contributed by atoms with Crippen molar-refractivity contribution >= 4 is 23.0 Å². The summed E-state index contributed by atoms with van der Waals surface area (Å²) in [5.74, 6) is -1.58. The fourth-order valence-corrected chi connectivity index (χ4v) is 4.77. The van der Waals surface area contributed by atoms with E-state index in [1.54, 1.807) is 19.1 Å². The SMILES string of the molecule is COCCN1C(=O)C(O)=C(C(=O)c2sc(-c3ccccc3)nc2C)C1c1ccc(O)cc1. The molecule has 1 unspecified atom stereocenters. The molecule has 0 spiro atoms. The van der Waals surface area contributed by atoms with Gasteiger partial charge >= 0.3 is 0 Å². The van der Waals surface area contributed by atoms with Crippen molar-refractivity contribution in [2.24, 2.45) is 0 Å². The summed E-state index contributed by atoms with van der Waals surface area (Å²) in [6.07, 6.45) is 0. The number of nitrogens with zero attached hydrogens (tertiary/aromatic N) is 2. The van der Waals surface area contributed by atoms with Gasteiger partial charge in [-0.1, -0.05) is 42.5 Å². The van der Waals surface area contributed by atoms with E-state index in [0.29, 0.717) is 21.1 Å². The second-order valence-corrected chi connectivity index (χ2v) is 8.38. The van der Waals surface area contributed by atoms with Crippen molar-refractivity contribution in [1.82, 2.24) is 9.88 Å². The van der Waals surface area contributed by atoms with Crippen molar-refractivity contribution in [3.8, 4) is 16.3 Å². The van der Waals surface area contributed by atoms with E-state index in [2.05, 4.69) is 4.98 Å². The largest absolute Gasteiger partial charge is 0.508 e. The first kappa shape index (κ1) is 21.7. The molecular weight excluding hydrogens is 428 g/mol. The molecule has 4 rings (SSSR count). The van der Waals surface area contributed by atoms with E-state index in [9.17, 15) is 19.8 Å². The summed E-state index contributed by atoms with van der Waals surface area (Å²) in [4.78, 5) is 32.8. The summed E-state index contributed by atoms with van der Waals surface area (Å²) in [5.41, 5.74) is 2.02. The highest BCUT2D eigenvalue weighted by atomic mass is 32.1. The number of ketones is 1. The molecule has 1 atom stereocenters. The molecule has 3 aromatic rings. The fraction of sp³-hybridized carbons (Fsp3) is 0.208. The zero-order valence-electron chi connectivity index (χ0n) is 17.6. The van der Waals surface area contributed by atoms with Crippen LogP contribution < -0.4 is 0 Å². The number of phenols is 1. The number of rotatable bonds is 7. The highest BCUT2D eigenvalue weighted by Crippen LogP contribution is 2.41. The average Bonchev–Trinajstić information content (AvgIpc) is 3.31. The van der Waals surface area contributed by atoms with Gasteiger partial charge in [0.15, 0.2) is 5.76 Å². The molecule has 0 fully saturated rings. The van der Waals surface area contributed by atoms with Crippen LogP contribution in [0.5, 0.6) is 5.75 Å². The van der Waals surface area contributed by atoms with Crippen LogP contribution >= 0.6 is 11.3 Å². The number of amides is 1. The first-order valence-electron chi connectivity index (χ1n) is 10.0. The number of thiazole rings is 1. The number of ether oxygens (including phenoxy) is 1. The van der Waals surface area contributed by atoms with Crippen LogP contribution in [0, 0.1) is 6.92 Å². The van der Waals surface area contributed by atoms with E-state index >= 15 is 0 Å². The zero-order chi connectivity index (χ0) is 22.8. The van der Waals surface area contributed by atoms with Gasteiger partial charge in [-0.05, 0) is 24.6 Å². The van der Waals surface area contributed by atoms with E-state index < -0.39 is 23.5 Å². The molecular formula is C24H22N2O5S. The van der Waals surface area contributed by atoms with Gasteiger partial charge in [0.1, 0.15) is 10.8 Å². The highest BCUT2D eigenvalue weighted by Gasteiger charge is 2.44. The van der Waals surface area contributed by atoms with Gasteiger partial charge in [0, 0.05) is 19.2 Å². The smallest absolute Gasteiger partial charge is 0.290 e. The maximum Gasteiger partial charge on any atom is 0.290 e. The molecule has 2 aromatic carbocycles. The molecule has 0 aliphatic carbocycles. The maximum atomic E-state index is 13.6. The lowest BCUT2D eigenvalue weighted by molar-refractivity contribution is -0.130. The molecule has 2 N–H and O–H groups in total. The number of aromatic nitrogens is 1. The molecule has 1 aliphatic heterocycles. The van der Waals surface area contributed by atoms with Crippen molar-refractivity contribution in [2.75, 3.05) is 20.3 Å². The summed E-state index contributed by atoms with van der Waals surface area (Å²) < 4.78 is 5.12. The van der Waals surface area contributed by atoms with Crippen molar-refractivity contribution < 1.29 is 24.5 Å². The third-order valence-electron chi connectivity index (χ3n) is 5.32. The summed E-state index contributed by atoms with van der Waals surface area (Å²) >= 11 is 1.23. The molecule has 8 heteroatoms. The van der Waals surface area contributed by atoms with Crippen LogP contribution in [0.25, 0.3) is 10.6 Å². The Bertz CT molecular complexity index is 1180. The van der Waals surface area contributed by atoms with Crippen molar-refractivity contribution in [3.63, 3.8) is 0 Å². The van der Waals surface area contributed by atoms with Gasteiger partial charge in [-0.2, -0.15) is 0 Å². The van der Waals surface area contributed by atoms with Crippen LogP contribution in [0.4, 0.5) is 0 Å². The van der Waals surface area contributed by atoms with E-state index in [1.165, 1.54) is 35.5 Å². The summed E-state index contributed by atoms with van der Waals surface area (Å²) in [7, 11) is 1.52. The second-order valence-electron chi connectivity index (χ2n) is 7.38. The number of hydrogen-bond acceptors (Lipinski definition) is 7. The van der Waals surface area contributed by atoms with Crippen molar-refractivity contribution in [3.05, 3.63) is 82.1 Å². The van der Waals surface area contributed by atoms with Crippen molar-refractivity contribution in [1.29, 1.82) is 0 Å². The van der Waals surface area contributed by atoms with E-state index in [0.717, 1.165) is 5.56 Å². The molecule has 0 bridgehead atoms. The lowest BCUT2D eigenvalue weighted by Crippen LogP contribution is -2.33. The number of benzene rings is 2. The monoisotopic (exact) mass is 450 g/mol. The molecule has 0 saturated carbocycles. The van der Waals surface area contributed by atoms with E-state index in [4.69, 9.17) is 4.74 Å². The maximum absolute atomic E-state index is 13.6. The standard InChI is InChI=1S/C24H22N2O5S/c1-14-22(32-23(25-14)16-6-4-3-5-7-16)20(28)18-19(15-8-10-17(27)11-9-15)26(12-13-31-2)24(30)21(18)29/h3-11,19,27,29H,12-13H2,1-2H3. The van der Waals surface area contributed by atoms with Gasteiger partial charge in [0.2, 0.25) is 5.78 Å². The third-order valence-corrected chi connectivity index (χ3v) is 6.52. The quantitative estimate of drug-likeness (QED) is 0.527. The number of aryl methyl sites for hydroxylation is 1. The van der Waals surface area contributed by atoms with Gasteiger partial charge in [-0.15, -0.1) is 11.3 Å². The number of carbonyl (C=O) groups is 2. The molecule has 32 heavy (non-hydrogen) atoms. The fourth-order valence-electron chi connectivity index (χ4n) is 3.74. The molecule has 1 amide bonds. The molecule has 2 heterocycles. The molecule has 1 aliphatic rings. The van der Waals surface area contributed by atoms with E-state index in [1.807, 2.05) is 30.3 Å². The van der Waals surface area contributed by atoms with Crippen LogP contribution in [0.15, 0.2) is 65.9 Å². The minimum absolute atomic E-state index is 0.00292. The molecule has 0 saturated heterocycles. The number of Topliss-reactive ketones (excluding diaryl/α,β-unsaturated/α-hetero) is 1. The predicted molar refractivity (Wildman–Crippen MR) is 121 cm³/mol. The van der Waals surface area contributed by atoms with E-state index in [-0.39, 0.29) is 24.5 Å². The first-order chi connectivity index (χ1) is 15.4. The van der Waals surface area contributed by atoms with Gasteiger partial charge in [0.05, 0.1) is 28.8 Å². The van der Waals surface area contributed by atoms with Gasteiger partial charge in [0.25, 0.3) is 5.91 Å². The number of carbonyl (C=O) groups excluding carboxylic acids is 2. The zero-order valence-corrected chi connectivity index (χ0v) is 18.4. The minimum Gasteiger partial charge on any atom is -0.508 e. The average molecular weight is 451 g/mol. The molecule has 1 aromatic heterocycles. The van der Waals surface area contributed by atoms with Gasteiger partial charge in [-0.3, -0.25) is 9.59 Å². The Kier molecular flexibility index (Phi) is 6.07. The topological polar surface area (TPSA) is 100.0 Å². The normalized spacial score (nSPS) is 16.1. The third kappa shape index (κ3) is 3.90. The number of methoxy groups -OCH3 is 1. The first-order valence-corrected chi connectivity index (χ1v) is 10.8.